The SMILES string of the molecule is CC(C)c1noc(-c2ccn3c(CC(=O)NC4CCCCC4)nnc3c2)n1. The molecule has 142 valence electrons. The molecule has 1 fully saturated rings. The molecule has 0 saturated heterocycles. The van der Waals surface area contributed by atoms with Gasteiger partial charge in [0.25, 0.3) is 5.89 Å². The number of nitrogens with zero attached hydrogens (tertiary/aromatic N) is 5. The number of nitrogens with one attached hydrogen (secondary N) is 1. The number of rotatable bonds is 5. The van der Waals surface area contributed by atoms with Gasteiger partial charge in [0, 0.05) is 23.7 Å². The Kier molecular flexibility index (Phi) is 4.87. The van der Waals surface area contributed by atoms with E-state index >= 15 is 0 Å². The van der Waals surface area contributed by atoms with Crippen molar-refractivity contribution in [3.63, 3.8) is 0 Å². The van der Waals surface area contributed by atoms with E-state index < -0.39 is 0 Å². The number of hydrogen-bond donors (Lipinski definition) is 1. The van der Waals surface area contributed by atoms with E-state index in [-0.39, 0.29) is 18.2 Å². The lowest BCUT2D eigenvalue weighted by Crippen LogP contribution is -2.37. The van der Waals surface area contributed by atoms with Crippen molar-refractivity contribution in [2.75, 3.05) is 0 Å². The van der Waals surface area contributed by atoms with Crippen LogP contribution in [0.5, 0.6) is 0 Å². The molecule has 1 aliphatic carbocycles. The van der Waals surface area contributed by atoms with Crippen LogP contribution in [-0.2, 0) is 11.2 Å². The molecule has 1 N–H and O–H groups in total. The van der Waals surface area contributed by atoms with Crippen molar-refractivity contribution in [1.29, 1.82) is 0 Å². The molecule has 0 bridgehead atoms. The summed E-state index contributed by atoms with van der Waals surface area (Å²) in [7, 11) is 0. The Labute approximate surface area is 157 Å². The highest BCUT2D eigenvalue weighted by atomic mass is 16.5. The topological polar surface area (TPSA) is 98.2 Å². The second-order valence-electron chi connectivity index (χ2n) is 7.45. The molecule has 1 aliphatic rings. The van der Waals surface area contributed by atoms with Crippen LogP contribution in [0.25, 0.3) is 17.1 Å². The number of amides is 1. The molecule has 0 aromatic carbocycles. The van der Waals surface area contributed by atoms with Gasteiger partial charge in [-0.3, -0.25) is 9.20 Å². The molecule has 3 aromatic rings. The zero-order valence-corrected chi connectivity index (χ0v) is 15.7. The largest absolute Gasteiger partial charge is 0.353 e. The van der Waals surface area contributed by atoms with Gasteiger partial charge in [0.2, 0.25) is 5.91 Å². The lowest BCUT2D eigenvalue weighted by Gasteiger charge is -2.22. The number of aromatic nitrogens is 5. The van der Waals surface area contributed by atoms with Crippen molar-refractivity contribution in [2.45, 2.75) is 64.3 Å². The number of hydrogen-bond acceptors (Lipinski definition) is 6. The smallest absolute Gasteiger partial charge is 0.258 e. The second-order valence-corrected chi connectivity index (χ2v) is 7.45. The van der Waals surface area contributed by atoms with E-state index in [9.17, 15) is 4.79 Å². The first-order valence-electron chi connectivity index (χ1n) is 9.57. The summed E-state index contributed by atoms with van der Waals surface area (Å²) in [4.78, 5) is 16.8. The minimum Gasteiger partial charge on any atom is -0.353 e. The molecule has 0 spiro atoms. The monoisotopic (exact) mass is 368 g/mol. The molecule has 3 heterocycles. The van der Waals surface area contributed by atoms with Gasteiger partial charge in [-0.15, -0.1) is 10.2 Å². The summed E-state index contributed by atoms with van der Waals surface area (Å²) in [5, 5.41) is 15.5. The Morgan fingerprint density at radius 2 is 2.11 bits per heavy atom. The van der Waals surface area contributed by atoms with E-state index in [1.807, 2.05) is 36.6 Å². The van der Waals surface area contributed by atoms with Crippen LogP contribution in [0.2, 0.25) is 0 Å². The molecular weight excluding hydrogens is 344 g/mol. The summed E-state index contributed by atoms with van der Waals surface area (Å²) >= 11 is 0. The van der Waals surface area contributed by atoms with Crippen LogP contribution in [0.4, 0.5) is 0 Å². The fourth-order valence-electron chi connectivity index (χ4n) is 3.45. The van der Waals surface area contributed by atoms with Crippen molar-refractivity contribution < 1.29 is 9.32 Å². The number of carbonyl (C=O) groups is 1. The summed E-state index contributed by atoms with van der Waals surface area (Å²) in [6, 6.07) is 4.01. The van der Waals surface area contributed by atoms with Crippen LogP contribution in [-0.4, -0.2) is 36.7 Å². The third kappa shape index (κ3) is 3.84. The lowest BCUT2D eigenvalue weighted by atomic mass is 9.95. The summed E-state index contributed by atoms with van der Waals surface area (Å²) < 4.78 is 7.16. The van der Waals surface area contributed by atoms with E-state index in [1.54, 1.807) is 0 Å². The number of fused-ring (bicyclic) bond motifs is 1. The van der Waals surface area contributed by atoms with Gasteiger partial charge in [0.15, 0.2) is 11.5 Å². The Hall–Kier alpha value is -2.77. The maximum atomic E-state index is 12.4. The zero-order chi connectivity index (χ0) is 18.8. The van der Waals surface area contributed by atoms with Crippen molar-refractivity contribution in [3.8, 4) is 11.5 Å². The number of carbonyl (C=O) groups excluding carboxylic acids is 1. The summed E-state index contributed by atoms with van der Waals surface area (Å²) in [6.07, 6.45) is 7.84. The lowest BCUT2D eigenvalue weighted by molar-refractivity contribution is -0.121. The van der Waals surface area contributed by atoms with Gasteiger partial charge < -0.3 is 9.84 Å². The van der Waals surface area contributed by atoms with Crippen LogP contribution < -0.4 is 5.32 Å². The molecule has 3 aromatic heterocycles. The summed E-state index contributed by atoms with van der Waals surface area (Å²) in [6.45, 7) is 4.03. The molecule has 0 aliphatic heterocycles. The molecular formula is C19H24N6O2. The van der Waals surface area contributed by atoms with Gasteiger partial charge in [0.1, 0.15) is 5.82 Å². The first-order valence-corrected chi connectivity index (χ1v) is 9.57. The van der Waals surface area contributed by atoms with Crippen LogP contribution in [0.15, 0.2) is 22.9 Å². The fraction of sp³-hybridized carbons (Fsp3) is 0.526. The third-order valence-electron chi connectivity index (χ3n) is 4.97. The standard InChI is InChI=1S/C19H24N6O2/c1-12(2)18-21-19(27-24-18)13-8-9-25-15(10-13)22-23-16(25)11-17(26)20-14-6-4-3-5-7-14/h8-10,12,14H,3-7,11H2,1-2H3,(H,20,26). The van der Waals surface area contributed by atoms with E-state index in [0.29, 0.717) is 29.2 Å². The van der Waals surface area contributed by atoms with Gasteiger partial charge >= 0.3 is 0 Å². The second kappa shape index (κ2) is 7.46. The molecule has 4 rings (SSSR count). The molecule has 27 heavy (non-hydrogen) atoms. The number of pyridine rings is 1. The molecule has 0 unspecified atom stereocenters. The molecule has 0 radical (unpaired) electrons. The molecule has 8 heteroatoms. The Bertz CT molecular complexity index is 939. The molecule has 8 nitrogen and oxygen atoms in total. The first-order chi connectivity index (χ1) is 13.1. The van der Waals surface area contributed by atoms with Gasteiger partial charge in [-0.05, 0) is 25.0 Å². The normalized spacial score (nSPS) is 15.5. The maximum Gasteiger partial charge on any atom is 0.258 e. The van der Waals surface area contributed by atoms with E-state index in [2.05, 4.69) is 25.7 Å². The van der Waals surface area contributed by atoms with E-state index in [1.165, 1.54) is 19.3 Å². The Balaban J connectivity index is 1.49. The van der Waals surface area contributed by atoms with Crippen LogP contribution in [0.3, 0.4) is 0 Å². The average Bonchev–Trinajstić information content (AvgIpc) is 3.30. The van der Waals surface area contributed by atoms with Gasteiger partial charge in [-0.2, -0.15) is 4.98 Å². The molecule has 1 saturated carbocycles. The average molecular weight is 368 g/mol. The van der Waals surface area contributed by atoms with Crippen LogP contribution in [0, 0.1) is 0 Å². The van der Waals surface area contributed by atoms with Crippen LogP contribution in [0.1, 0.15) is 63.5 Å². The van der Waals surface area contributed by atoms with Crippen molar-refractivity contribution in [3.05, 3.63) is 30.0 Å². The highest BCUT2D eigenvalue weighted by Crippen LogP contribution is 2.21. The fourth-order valence-corrected chi connectivity index (χ4v) is 3.45. The van der Waals surface area contributed by atoms with Gasteiger partial charge in [0.05, 0.1) is 6.42 Å². The predicted molar refractivity (Wildman–Crippen MR) is 99.1 cm³/mol. The first kappa shape index (κ1) is 17.6. The highest BCUT2D eigenvalue weighted by Gasteiger charge is 2.18. The van der Waals surface area contributed by atoms with Gasteiger partial charge in [-0.1, -0.05) is 38.3 Å². The zero-order valence-electron chi connectivity index (χ0n) is 15.7. The Morgan fingerprint density at radius 3 is 2.85 bits per heavy atom. The summed E-state index contributed by atoms with van der Waals surface area (Å²) in [5.74, 6) is 1.96. The van der Waals surface area contributed by atoms with Gasteiger partial charge in [-0.25, -0.2) is 0 Å². The van der Waals surface area contributed by atoms with Crippen LogP contribution >= 0.6 is 0 Å². The highest BCUT2D eigenvalue weighted by molar-refractivity contribution is 5.78. The van der Waals surface area contributed by atoms with Crippen molar-refractivity contribution in [1.82, 2.24) is 30.1 Å². The molecule has 0 atom stereocenters. The molecule has 1 amide bonds. The van der Waals surface area contributed by atoms with E-state index in [4.69, 9.17) is 4.52 Å². The van der Waals surface area contributed by atoms with E-state index in [0.717, 1.165) is 18.4 Å². The quantitative estimate of drug-likeness (QED) is 0.743. The minimum absolute atomic E-state index is 0.00115. The van der Waals surface area contributed by atoms with Crippen molar-refractivity contribution in [2.24, 2.45) is 0 Å². The predicted octanol–water partition coefficient (Wildman–Crippen LogP) is 2.89. The van der Waals surface area contributed by atoms with Crippen molar-refractivity contribution >= 4 is 11.6 Å². The maximum absolute atomic E-state index is 12.4. The Morgan fingerprint density at radius 1 is 1.30 bits per heavy atom. The third-order valence-corrected chi connectivity index (χ3v) is 4.97. The minimum atomic E-state index is -0.00115. The summed E-state index contributed by atoms with van der Waals surface area (Å²) in [5.41, 5.74) is 1.43.